The van der Waals surface area contributed by atoms with Crippen molar-refractivity contribution in [2.45, 2.75) is 6.54 Å². The van der Waals surface area contributed by atoms with Gasteiger partial charge in [0.25, 0.3) is 5.91 Å². The molecule has 4 heterocycles. The van der Waals surface area contributed by atoms with Gasteiger partial charge in [0.05, 0.1) is 17.1 Å². The highest BCUT2D eigenvalue weighted by atomic mass is 79.9. The molecule has 0 aliphatic carbocycles. The normalized spacial score (nSPS) is 10.8. The maximum atomic E-state index is 12.4. The van der Waals surface area contributed by atoms with Crippen LogP contribution in [0.3, 0.4) is 0 Å². The van der Waals surface area contributed by atoms with Crippen LogP contribution < -0.4 is 5.32 Å². The summed E-state index contributed by atoms with van der Waals surface area (Å²) in [5, 5.41) is 11.7. The van der Waals surface area contributed by atoms with Gasteiger partial charge in [-0.05, 0) is 34.1 Å². The van der Waals surface area contributed by atoms with Gasteiger partial charge in [-0.2, -0.15) is 5.10 Å². The van der Waals surface area contributed by atoms with E-state index in [2.05, 4.69) is 36.3 Å². The largest absolute Gasteiger partial charge is 0.304 e. The Kier molecular flexibility index (Phi) is 4.91. The molecule has 9 heteroatoms. The minimum atomic E-state index is -0.272. The second-order valence-electron chi connectivity index (χ2n) is 5.34. The number of nitrogens with zero attached hydrogens (tertiary/aromatic N) is 4. The molecule has 0 aromatic carbocycles. The van der Waals surface area contributed by atoms with E-state index in [9.17, 15) is 4.79 Å². The van der Waals surface area contributed by atoms with Gasteiger partial charge in [-0.1, -0.05) is 6.07 Å². The predicted molar refractivity (Wildman–Crippen MR) is 107 cm³/mol. The highest BCUT2D eigenvalue weighted by molar-refractivity contribution is 9.10. The first-order chi connectivity index (χ1) is 12.7. The van der Waals surface area contributed by atoms with E-state index >= 15 is 0 Å². The number of carbonyl (C=O) groups is 1. The average Bonchev–Trinajstić information content (AvgIpc) is 3.37. The molecule has 4 aromatic heterocycles. The van der Waals surface area contributed by atoms with Crippen LogP contribution >= 0.6 is 38.6 Å². The molecule has 130 valence electrons. The molecule has 0 aliphatic heterocycles. The minimum absolute atomic E-state index is 0.272. The third kappa shape index (κ3) is 3.90. The molecule has 6 nitrogen and oxygen atoms in total. The number of nitrogens with one attached hydrogen (secondary N) is 1. The van der Waals surface area contributed by atoms with E-state index in [1.807, 2.05) is 29.6 Å². The first-order valence-electron chi connectivity index (χ1n) is 7.62. The van der Waals surface area contributed by atoms with Gasteiger partial charge in [-0.3, -0.25) is 14.5 Å². The Hall–Kier alpha value is -2.36. The summed E-state index contributed by atoms with van der Waals surface area (Å²) in [6.45, 7) is 0.546. The van der Waals surface area contributed by atoms with Gasteiger partial charge in [0.2, 0.25) is 0 Å². The van der Waals surface area contributed by atoms with Gasteiger partial charge in [0.1, 0.15) is 10.7 Å². The van der Waals surface area contributed by atoms with Crippen LogP contribution in [-0.4, -0.2) is 25.7 Å². The fraction of sp³-hybridized carbons (Fsp3) is 0.0588. The Morgan fingerprint density at radius 2 is 2.15 bits per heavy atom. The molecule has 0 radical (unpaired) electrons. The van der Waals surface area contributed by atoms with E-state index in [0.717, 1.165) is 20.1 Å². The third-order valence-corrected chi connectivity index (χ3v) is 6.15. The summed E-state index contributed by atoms with van der Waals surface area (Å²) in [5.41, 5.74) is 1.29. The first kappa shape index (κ1) is 17.1. The number of halogens is 1. The smallest absolute Gasteiger partial charge is 0.276 e. The molecule has 4 rings (SSSR count). The Bertz CT molecular complexity index is 1040. The highest BCUT2D eigenvalue weighted by Crippen LogP contribution is 2.32. The Morgan fingerprint density at radius 1 is 1.23 bits per heavy atom. The number of thiazole rings is 1. The SMILES string of the molecule is O=C(Nc1ccn(Cc2ccccn2)n1)c1csc(-c2cc(Br)cs2)n1. The lowest BCUT2D eigenvalue weighted by Crippen LogP contribution is -2.13. The zero-order valence-corrected chi connectivity index (χ0v) is 16.5. The van der Waals surface area contributed by atoms with Crippen LogP contribution in [0.1, 0.15) is 16.2 Å². The highest BCUT2D eigenvalue weighted by Gasteiger charge is 2.14. The molecular weight excluding hydrogens is 434 g/mol. The number of thiophene rings is 1. The minimum Gasteiger partial charge on any atom is -0.304 e. The lowest BCUT2D eigenvalue weighted by atomic mass is 10.3. The lowest BCUT2D eigenvalue weighted by molar-refractivity contribution is 0.102. The molecule has 0 atom stereocenters. The van der Waals surface area contributed by atoms with Gasteiger partial charge < -0.3 is 5.32 Å². The zero-order chi connectivity index (χ0) is 17.9. The van der Waals surface area contributed by atoms with Gasteiger partial charge in [-0.15, -0.1) is 22.7 Å². The van der Waals surface area contributed by atoms with Gasteiger partial charge >= 0.3 is 0 Å². The van der Waals surface area contributed by atoms with E-state index in [1.54, 1.807) is 39.9 Å². The summed E-state index contributed by atoms with van der Waals surface area (Å²) in [6.07, 6.45) is 3.55. The molecule has 1 N–H and O–H groups in total. The van der Waals surface area contributed by atoms with Crippen LogP contribution in [0.5, 0.6) is 0 Å². The number of hydrogen-bond donors (Lipinski definition) is 1. The van der Waals surface area contributed by atoms with Crippen LogP contribution in [0.15, 0.2) is 58.0 Å². The summed E-state index contributed by atoms with van der Waals surface area (Å²) >= 11 is 6.46. The van der Waals surface area contributed by atoms with Crippen molar-refractivity contribution in [2.75, 3.05) is 5.32 Å². The fourth-order valence-electron chi connectivity index (χ4n) is 2.27. The Labute approximate surface area is 165 Å². The van der Waals surface area contributed by atoms with Crippen molar-refractivity contribution in [3.05, 3.63) is 69.3 Å². The number of anilines is 1. The summed E-state index contributed by atoms with van der Waals surface area (Å²) in [5.74, 6) is 0.213. The van der Waals surface area contributed by atoms with Crippen molar-refractivity contribution >= 4 is 50.3 Å². The standard InChI is InChI=1S/C17H12BrN5OS2/c18-11-7-14(25-9-11)17-20-13(10-26-17)16(24)21-15-4-6-23(22-15)8-12-3-1-2-5-19-12/h1-7,9-10H,8H2,(H,21,22,24). The van der Waals surface area contributed by atoms with Crippen molar-refractivity contribution < 1.29 is 4.79 Å². The van der Waals surface area contributed by atoms with Gasteiger partial charge in [0, 0.05) is 33.7 Å². The van der Waals surface area contributed by atoms with Gasteiger partial charge in [0.15, 0.2) is 5.82 Å². The molecule has 4 aromatic rings. The number of rotatable bonds is 5. The summed E-state index contributed by atoms with van der Waals surface area (Å²) < 4.78 is 2.74. The number of pyridine rings is 1. The molecular formula is C17H12BrN5OS2. The summed E-state index contributed by atoms with van der Waals surface area (Å²) in [7, 11) is 0. The third-order valence-electron chi connectivity index (χ3n) is 3.45. The maximum absolute atomic E-state index is 12.4. The van der Waals surface area contributed by atoms with Crippen molar-refractivity contribution in [2.24, 2.45) is 0 Å². The van der Waals surface area contributed by atoms with E-state index in [4.69, 9.17) is 0 Å². The van der Waals surface area contributed by atoms with E-state index in [1.165, 1.54) is 11.3 Å². The summed E-state index contributed by atoms with van der Waals surface area (Å²) in [4.78, 5) is 22.1. The second-order valence-corrected chi connectivity index (χ2v) is 8.03. The van der Waals surface area contributed by atoms with Crippen LogP contribution in [0.2, 0.25) is 0 Å². The van der Waals surface area contributed by atoms with Crippen LogP contribution in [0, 0.1) is 0 Å². The Morgan fingerprint density at radius 3 is 2.92 bits per heavy atom. The number of hydrogen-bond acceptors (Lipinski definition) is 6. The quantitative estimate of drug-likeness (QED) is 0.489. The van der Waals surface area contributed by atoms with Crippen LogP contribution in [0.4, 0.5) is 5.82 Å². The maximum Gasteiger partial charge on any atom is 0.276 e. The first-order valence-corrected chi connectivity index (χ1v) is 10.2. The van der Waals surface area contributed by atoms with Gasteiger partial charge in [-0.25, -0.2) is 4.98 Å². The molecule has 0 bridgehead atoms. The molecule has 0 fully saturated rings. The van der Waals surface area contributed by atoms with Crippen LogP contribution in [0.25, 0.3) is 9.88 Å². The second kappa shape index (κ2) is 7.48. The molecule has 0 saturated heterocycles. The number of amides is 1. The lowest BCUT2D eigenvalue weighted by Gasteiger charge is -2.01. The zero-order valence-electron chi connectivity index (χ0n) is 13.3. The molecule has 0 saturated carbocycles. The molecule has 0 aliphatic rings. The van der Waals surface area contributed by atoms with Crippen molar-refractivity contribution in [1.82, 2.24) is 19.7 Å². The summed E-state index contributed by atoms with van der Waals surface area (Å²) in [6, 6.07) is 9.48. The average molecular weight is 446 g/mol. The van der Waals surface area contributed by atoms with E-state index < -0.39 is 0 Å². The topological polar surface area (TPSA) is 72.7 Å². The fourth-order valence-corrected chi connectivity index (χ4v) is 4.58. The molecule has 0 spiro atoms. The van der Waals surface area contributed by atoms with Crippen molar-refractivity contribution in [3.8, 4) is 9.88 Å². The van der Waals surface area contributed by atoms with Crippen LogP contribution in [-0.2, 0) is 6.54 Å². The predicted octanol–water partition coefficient (Wildman–Crippen LogP) is 4.53. The monoisotopic (exact) mass is 445 g/mol. The molecule has 26 heavy (non-hydrogen) atoms. The van der Waals surface area contributed by atoms with E-state index in [0.29, 0.717) is 18.1 Å². The molecule has 1 amide bonds. The molecule has 0 unspecified atom stereocenters. The number of aromatic nitrogens is 4. The number of carbonyl (C=O) groups excluding carboxylic acids is 1. The van der Waals surface area contributed by atoms with E-state index in [-0.39, 0.29) is 5.91 Å². The van der Waals surface area contributed by atoms with Crippen molar-refractivity contribution in [1.29, 1.82) is 0 Å². The van der Waals surface area contributed by atoms with Crippen molar-refractivity contribution in [3.63, 3.8) is 0 Å². The Balaban J connectivity index is 1.43.